The molecule has 0 aliphatic carbocycles. The molecule has 0 radical (unpaired) electrons. The second-order valence-electron chi connectivity index (χ2n) is 7.62. The molecule has 1 N–H and O–H groups in total. The summed E-state index contributed by atoms with van der Waals surface area (Å²) in [6, 6.07) is 14.1. The van der Waals surface area contributed by atoms with Crippen LogP contribution in [0.25, 0.3) is 5.69 Å². The number of aryl methyl sites for hydroxylation is 1. The minimum atomic E-state index is -3.52. The van der Waals surface area contributed by atoms with Crippen LogP contribution < -0.4 is 5.32 Å². The minimum Gasteiger partial charge on any atom is -0.344 e. The molecule has 9 heteroatoms. The largest absolute Gasteiger partial charge is 0.344 e. The van der Waals surface area contributed by atoms with Crippen molar-refractivity contribution in [3.05, 3.63) is 71.0 Å². The molecule has 1 unspecified atom stereocenters. The van der Waals surface area contributed by atoms with Crippen LogP contribution in [-0.2, 0) is 10.0 Å². The second kappa shape index (κ2) is 9.62. The number of hydrogen-bond donors (Lipinski definition) is 1. The highest BCUT2D eigenvalue weighted by molar-refractivity contribution is 7.89. The summed E-state index contributed by atoms with van der Waals surface area (Å²) in [5, 5.41) is 11.1. The van der Waals surface area contributed by atoms with Gasteiger partial charge in [0.15, 0.2) is 5.69 Å². The Kier molecular flexibility index (Phi) is 7.10. The zero-order valence-electron chi connectivity index (χ0n) is 19.0. The van der Waals surface area contributed by atoms with Crippen molar-refractivity contribution >= 4 is 15.9 Å². The first kappa shape index (κ1) is 23.6. The third kappa shape index (κ3) is 4.73. The van der Waals surface area contributed by atoms with Crippen molar-refractivity contribution in [1.82, 2.24) is 24.6 Å². The van der Waals surface area contributed by atoms with Gasteiger partial charge < -0.3 is 5.32 Å². The van der Waals surface area contributed by atoms with Crippen LogP contribution in [0.5, 0.6) is 0 Å². The van der Waals surface area contributed by atoms with E-state index in [1.807, 2.05) is 52.0 Å². The maximum atomic E-state index is 12.8. The standard InChI is InChI=1S/C23H29N5O3S/c1-6-27(7-2)32(30,31)21-14-10-19(11-15-21)17(4)24-23(29)22-18(5)28(26-25-22)20-12-8-16(3)9-13-20/h8-15,17H,6-7H2,1-5H3,(H,24,29). The average molecular weight is 456 g/mol. The fraction of sp³-hybridized carbons (Fsp3) is 0.348. The summed E-state index contributed by atoms with van der Waals surface area (Å²) in [5.74, 6) is -0.340. The second-order valence-corrected chi connectivity index (χ2v) is 9.56. The fourth-order valence-electron chi connectivity index (χ4n) is 3.46. The molecule has 3 aromatic rings. The summed E-state index contributed by atoms with van der Waals surface area (Å²) in [5.41, 5.74) is 3.64. The topological polar surface area (TPSA) is 97.2 Å². The van der Waals surface area contributed by atoms with E-state index in [-0.39, 0.29) is 22.5 Å². The monoisotopic (exact) mass is 455 g/mol. The van der Waals surface area contributed by atoms with Crippen molar-refractivity contribution in [3.63, 3.8) is 0 Å². The lowest BCUT2D eigenvalue weighted by Crippen LogP contribution is -2.30. The minimum absolute atomic E-state index is 0.236. The third-order valence-corrected chi connectivity index (χ3v) is 7.52. The van der Waals surface area contributed by atoms with Gasteiger partial charge in [0.1, 0.15) is 0 Å². The van der Waals surface area contributed by atoms with Gasteiger partial charge in [-0.1, -0.05) is 48.9 Å². The molecule has 2 aromatic carbocycles. The highest BCUT2D eigenvalue weighted by Gasteiger charge is 2.23. The van der Waals surface area contributed by atoms with Crippen molar-refractivity contribution in [2.75, 3.05) is 13.1 Å². The molecule has 0 saturated heterocycles. The maximum Gasteiger partial charge on any atom is 0.274 e. The van der Waals surface area contributed by atoms with Crippen molar-refractivity contribution in [2.24, 2.45) is 0 Å². The van der Waals surface area contributed by atoms with Gasteiger partial charge in [0.05, 0.1) is 22.3 Å². The van der Waals surface area contributed by atoms with Crippen LogP contribution in [0.15, 0.2) is 53.4 Å². The van der Waals surface area contributed by atoms with E-state index in [0.717, 1.165) is 16.8 Å². The number of sulfonamides is 1. The Morgan fingerprint density at radius 2 is 1.62 bits per heavy atom. The van der Waals surface area contributed by atoms with Crippen LogP contribution in [0.1, 0.15) is 54.1 Å². The van der Waals surface area contributed by atoms with E-state index >= 15 is 0 Å². The van der Waals surface area contributed by atoms with Gasteiger partial charge in [0, 0.05) is 13.1 Å². The van der Waals surface area contributed by atoms with Crippen LogP contribution in [-0.4, -0.2) is 46.7 Å². The molecule has 1 aromatic heterocycles. The molecule has 0 spiro atoms. The van der Waals surface area contributed by atoms with Crippen LogP contribution in [0.2, 0.25) is 0 Å². The van der Waals surface area contributed by atoms with E-state index in [1.165, 1.54) is 4.31 Å². The Morgan fingerprint density at radius 1 is 1.03 bits per heavy atom. The molecule has 32 heavy (non-hydrogen) atoms. The van der Waals surface area contributed by atoms with Crippen LogP contribution in [0, 0.1) is 13.8 Å². The summed E-state index contributed by atoms with van der Waals surface area (Å²) in [7, 11) is -3.52. The smallest absolute Gasteiger partial charge is 0.274 e. The van der Waals surface area contributed by atoms with E-state index in [4.69, 9.17) is 0 Å². The molecule has 0 bridgehead atoms. The molecule has 0 aliphatic heterocycles. The van der Waals surface area contributed by atoms with Crippen molar-refractivity contribution in [2.45, 2.75) is 45.6 Å². The molecule has 0 fully saturated rings. The lowest BCUT2D eigenvalue weighted by Gasteiger charge is -2.19. The van der Waals surface area contributed by atoms with Crippen molar-refractivity contribution in [1.29, 1.82) is 0 Å². The number of carbonyl (C=O) groups excluding carboxylic acids is 1. The molecular formula is C23H29N5O3S. The lowest BCUT2D eigenvalue weighted by molar-refractivity contribution is 0.0934. The number of amides is 1. The molecule has 3 rings (SSSR count). The van der Waals surface area contributed by atoms with Crippen LogP contribution >= 0.6 is 0 Å². The summed E-state index contributed by atoms with van der Waals surface area (Å²) in [6.45, 7) is 10.1. The first-order chi connectivity index (χ1) is 15.2. The van der Waals surface area contributed by atoms with Crippen molar-refractivity contribution < 1.29 is 13.2 Å². The van der Waals surface area contributed by atoms with Gasteiger partial charge in [-0.3, -0.25) is 4.79 Å². The van der Waals surface area contributed by atoms with Crippen molar-refractivity contribution in [3.8, 4) is 5.69 Å². The number of nitrogens with zero attached hydrogens (tertiary/aromatic N) is 4. The van der Waals surface area contributed by atoms with Gasteiger partial charge in [0.2, 0.25) is 10.0 Å². The number of carbonyl (C=O) groups is 1. The zero-order valence-corrected chi connectivity index (χ0v) is 19.8. The molecule has 8 nitrogen and oxygen atoms in total. The summed E-state index contributed by atoms with van der Waals surface area (Å²) < 4.78 is 28.3. The predicted molar refractivity (Wildman–Crippen MR) is 123 cm³/mol. The van der Waals surface area contributed by atoms with Gasteiger partial charge in [0.25, 0.3) is 5.91 Å². The normalized spacial score (nSPS) is 12.7. The zero-order chi connectivity index (χ0) is 23.5. The summed E-state index contributed by atoms with van der Waals surface area (Å²) in [6.07, 6.45) is 0. The van der Waals surface area contributed by atoms with Gasteiger partial charge in [-0.05, 0) is 50.6 Å². The molecule has 0 aliphatic rings. The SMILES string of the molecule is CCN(CC)S(=O)(=O)c1ccc(C(C)NC(=O)c2nnn(-c3ccc(C)cc3)c2C)cc1. The highest BCUT2D eigenvalue weighted by Crippen LogP contribution is 2.20. The Labute approximate surface area is 189 Å². The number of hydrogen-bond acceptors (Lipinski definition) is 5. The first-order valence-electron chi connectivity index (χ1n) is 10.6. The first-order valence-corrected chi connectivity index (χ1v) is 12.0. The Balaban J connectivity index is 1.74. The quantitative estimate of drug-likeness (QED) is 0.561. The maximum absolute atomic E-state index is 12.8. The Hall–Kier alpha value is -3.04. The lowest BCUT2D eigenvalue weighted by atomic mass is 10.1. The Bertz CT molecular complexity index is 1180. The third-order valence-electron chi connectivity index (χ3n) is 5.46. The predicted octanol–water partition coefficient (Wildman–Crippen LogP) is 3.41. The van der Waals surface area contributed by atoms with Crippen LogP contribution in [0.4, 0.5) is 0 Å². The van der Waals surface area contributed by atoms with E-state index in [9.17, 15) is 13.2 Å². The highest BCUT2D eigenvalue weighted by atomic mass is 32.2. The summed E-state index contributed by atoms with van der Waals surface area (Å²) >= 11 is 0. The molecule has 1 atom stereocenters. The number of nitrogens with one attached hydrogen (secondary N) is 1. The Morgan fingerprint density at radius 3 is 2.19 bits per heavy atom. The summed E-state index contributed by atoms with van der Waals surface area (Å²) in [4.78, 5) is 13.0. The number of benzene rings is 2. The van der Waals surface area contributed by atoms with Gasteiger partial charge in [-0.2, -0.15) is 4.31 Å². The fourth-order valence-corrected chi connectivity index (χ4v) is 4.92. The number of rotatable bonds is 8. The molecular weight excluding hydrogens is 426 g/mol. The molecule has 1 amide bonds. The van der Waals surface area contributed by atoms with E-state index in [1.54, 1.807) is 35.9 Å². The molecule has 1 heterocycles. The van der Waals surface area contributed by atoms with E-state index in [2.05, 4.69) is 15.6 Å². The molecule has 170 valence electrons. The number of aromatic nitrogens is 3. The van der Waals surface area contributed by atoms with Crippen LogP contribution in [0.3, 0.4) is 0 Å². The average Bonchev–Trinajstić information content (AvgIpc) is 3.16. The van der Waals surface area contributed by atoms with E-state index in [0.29, 0.717) is 18.8 Å². The van der Waals surface area contributed by atoms with Gasteiger partial charge in [-0.15, -0.1) is 5.10 Å². The van der Waals surface area contributed by atoms with Gasteiger partial charge >= 0.3 is 0 Å². The van der Waals surface area contributed by atoms with E-state index < -0.39 is 10.0 Å². The van der Waals surface area contributed by atoms with Gasteiger partial charge in [-0.25, -0.2) is 13.1 Å². The molecule has 0 saturated carbocycles.